The highest BCUT2D eigenvalue weighted by molar-refractivity contribution is 7.10. The van der Waals surface area contributed by atoms with E-state index in [4.69, 9.17) is 5.73 Å². The van der Waals surface area contributed by atoms with E-state index in [1.807, 2.05) is 61.7 Å². The molecule has 3 atom stereocenters. The van der Waals surface area contributed by atoms with Crippen LogP contribution in [0.3, 0.4) is 0 Å². The van der Waals surface area contributed by atoms with Crippen LogP contribution in [0.1, 0.15) is 36.4 Å². The number of nitrogens with two attached hydrogens (primary N) is 1. The molecular formula is C16H20N2OS. The Morgan fingerprint density at radius 1 is 1.15 bits per heavy atom. The van der Waals surface area contributed by atoms with Gasteiger partial charge >= 0.3 is 0 Å². The van der Waals surface area contributed by atoms with Gasteiger partial charge in [-0.2, -0.15) is 0 Å². The van der Waals surface area contributed by atoms with Crippen LogP contribution in [0.5, 0.6) is 0 Å². The van der Waals surface area contributed by atoms with E-state index in [0.29, 0.717) is 0 Å². The van der Waals surface area contributed by atoms with Crippen LogP contribution in [0.15, 0.2) is 47.8 Å². The van der Waals surface area contributed by atoms with E-state index >= 15 is 0 Å². The summed E-state index contributed by atoms with van der Waals surface area (Å²) in [7, 11) is 0. The first-order chi connectivity index (χ1) is 9.59. The third kappa shape index (κ3) is 3.46. The minimum Gasteiger partial charge on any atom is -0.348 e. The minimum absolute atomic E-state index is 0.0118. The standard InChI is InChI=1S/C16H20N2OS/c1-11(15(17)13-7-4-3-5-8-13)16(19)18-12(2)14-9-6-10-20-14/h3-12,15H,17H2,1-2H3,(H,18,19). The van der Waals surface area contributed by atoms with Crippen molar-refractivity contribution in [2.24, 2.45) is 11.7 Å². The maximum absolute atomic E-state index is 12.3. The van der Waals surface area contributed by atoms with Crippen LogP contribution in [0, 0.1) is 5.92 Å². The summed E-state index contributed by atoms with van der Waals surface area (Å²) in [4.78, 5) is 13.4. The number of hydrogen-bond acceptors (Lipinski definition) is 3. The van der Waals surface area contributed by atoms with E-state index in [0.717, 1.165) is 10.4 Å². The molecular weight excluding hydrogens is 268 g/mol. The van der Waals surface area contributed by atoms with Crippen molar-refractivity contribution in [2.45, 2.75) is 25.9 Å². The highest BCUT2D eigenvalue weighted by atomic mass is 32.1. The van der Waals surface area contributed by atoms with Crippen molar-refractivity contribution in [3.63, 3.8) is 0 Å². The molecule has 0 bridgehead atoms. The maximum Gasteiger partial charge on any atom is 0.225 e. The molecule has 3 unspecified atom stereocenters. The van der Waals surface area contributed by atoms with E-state index < -0.39 is 0 Å². The third-order valence-electron chi connectivity index (χ3n) is 3.47. The molecule has 2 aromatic rings. The Labute approximate surface area is 123 Å². The van der Waals surface area contributed by atoms with Crippen LogP contribution in [0.2, 0.25) is 0 Å². The van der Waals surface area contributed by atoms with Crippen LogP contribution < -0.4 is 11.1 Å². The Bertz CT molecular complexity index is 539. The molecule has 0 saturated carbocycles. The van der Waals surface area contributed by atoms with Gasteiger partial charge in [0.05, 0.1) is 12.0 Å². The Kier molecular flexibility index (Phi) is 4.93. The number of thiophene rings is 1. The zero-order valence-electron chi connectivity index (χ0n) is 11.7. The summed E-state index contributed by atoms with van der Waals surface area (Å²) in [6, 6.07) is 13.5. The molecule has 0 radical (unpaired) electrons. The van der Waals surface area contributed by atoms with Gasteiger partial charge in [0.25, 0.3) is 0 Å². The van der Waals surface area contributed by atoms with Gasteiger partial charge in [-0.05, 0) is 23.9 Å². The molecule has 0 aliphatic heterocycles. The summed E-state index contributed by atoms with van der Waals surface area (Å²) in [5.74, 6) is -0.276. The monoisotopic (exact) mass is 288 g/mol. The number of carbonyl (C=O) groups excluding carboxylic acids is 1. The predicted molar refractivity (Wildman–Crippen MR) is 83.4 cm³/mol. The number of amides is 1. The van der Waals surface area contributed by atoms with Gasteiger partial charge in [0.1, 0.15) is 0 Å². The van der Waals surface area contributed by atoms with Crippen LogP contribution in [0.4, 0.5) is 0 Å². The van der Waals surface area contributed by atoms with Crippen molar-refractivity contribution < 1.29 is 4.79 Å². The molecule has 0 aliphatic carbocycles. The Hall–Kier alpha value is -1.65. The smallest absolute Gasteiger partial charge is 0.225 e. The largest absolute Gasteiger partial charge is 0.348 e. The molecule has 1 aromatic carbocycles. The van der Waals surface area contributed by atoms with Gasteiger partial charge in [0.2, 0.25) is 5.91 Å². The molecule has 1 amide bonds. The van der Waals surface area contributed by atoms with Gasteiger partial charge in [-0.15, -0.1) is 11.3 Å². The van der Waals surface area contributed by atoms with E-state index in [1.165, 1.54) is 0 Å². The first kappa shape index (κ1) is 14.8. The number of hydrogen-bond donors (Lipinski definition) is 2. The first-order valence-electron chi connectivity index (χ1n) is 6.74. The highest BCUT2D eigenvalue weighted by Crippen LogP contribution is 2.22. The highest BCUT2D eigenvalue weighted by Gasteiger charge is 2.23. The minimum atomic E-state index is -0.285. The van der Waals surface area contributed by atoms with Crippen molar-refractivity contribution in [3.05, 3.63) is 58.3 Å². The van der Waals surface area contributed by atoms with Gasteiger partial charge < -0.3 is 11.1 Å². The number of carbonyl (C=O) groups is 1. The molecule has 2 rings (SSSR count). The topological polar surface area (TPSA) is 55.1 Å². The van der Waals surface area contributed by atoms with E-state index in [2.05, 4.69) is 5.32 Å². The molecule has 106 valence electrons. The fourth-order valence-corrected chi connectivity index (χ4v) is 2.82. The predicted octanol–water partition coefficient (Wildman–Crippen LogP) is 3.26. The lowest BCUT2D eigenvalue weighted by Crippen LogP contribution is -2.36. The number of benzene rings is 1. The van der Waals surface area contributed by atoms with Crippen molar-refractivity contribution in [1.29, 1.82) is 0 Å². The number of nitrogens with one attached hydrogen (secondary N) is 1. The van der Waals surface area contributed by atoms with Crippen molar-refractivity contribution in [3.8, 4) is 0 Å². The van der Waals surface area contributed by atoms with Gasteiger partial charge in [-0.1, -0.05) is 43.3 Å². The van der Waals surface area contributed by atoms with Crippen molar-refractivity contribution in [2.75, 3.05) is 0 Å². The second-order valence-electron chi connectivity index (χ2n) is 4.97. The summed E-state index contributed by atoms with van der Waals surface area (Å²) in [6.07, 6.45) is 0. The molecule has 3 nitrogen and oxygen atoms in total. The second-order valence-corrected chi connectivity index (χ2v) is 5.95. The van der Waals surface area contributed by atoms with Gasteiger partial charge in [0, 0.05) is 10.9 Å². The third-order valence-corrected chi connectivity index (χ3v) is 4.52. The van der Waals surface area contributed by atoms with Crippen LogP contribution >= 0.6 is 11.3 Å². The summed E-state index contributed by atoms with van der Waals surface area (Å²) in [5, 5.41) is 5.04. The lowest BCUT2D eigenvalue weighted by molar-refractivity contribution is -0.125. The molecule has 4 heteroatoms. The summed E-state index contributed by atoms with van der Waals surface area (Å²) >= 11 is 1.64. The normalized spacial score (nSPS) is 15.3. The van der Waals surface area contributed by atoms with Crippen LogP contribution in [0.25, 0.3) is 0 Å². The fraction of sp³-hybridized carbons (Fsp3) is 0.312. The average Bonchev–Trinajstić information content (AvgIpc) is 3.01. The number of rotatable bonds is 5. The molecule has 1 aromatic heterocycles. The zero-order chi connectivity index (χ0) is 14.5. The van der Waals surface area contributed by atoms with E-state index in [9.17, 15) is 4.79 Å². The average molecular weight is 288 g/mol. The van der Waals surface area contributed by atoms with Gasteiger partial charge in [0.15, 0.2) is 0 Å². The Morgan fingerprint density at radius 3 is 2.45 bits per heavy atom. The SMILES string of the molecule is CC(NC(=O)C(C)C(N)c1ccccc1)c1cccs1. The van der Waals surface area contributed by atoms with Crippen LogP contribution in [-0.2, 0) is 4.79 Å². The van der Waals surface area contributed by atoms with Gasteiger partial charge in [-0.3, -0.25) is 4.79 Å². The van der Waals surface area contributed by atoms with Crippen molar-refractivity contribution >= 4 is 17.2 Å². The second kappa shape index (κ2) is 6.68. The molecule has 3 N–H and O–H groups in total. The lowest BCUT2D eigenvalue weighted by Gasteiger charge is -2.22. The molecule has 1 heterocycles. The quantitative estimate of drug-likeness (QED) is 0.887. The Morgan fingerprint density at radius 2 is 1.85 bits per heavy atom. The summed E-state index contributed by atoms with van der Waals surface area (Å²) in [6.45, 7) is 3.86. The summed E-state index contributed by atoms with van der Waals surface area (Å²) in [5.41, 5.74) is 7.16. The first-order valence-corrected chi connectivity index (χ1v) is 7.62. The fourth-order valence-electron chi connectivity index (χ4n) is 2.08. The van der Waals surface area contributed by atoms with E-state index in [-0.39, 0.29) is 23.9 Å². The molecule has 0 aliphatic rings. The van der Waals surface area contributed by atoms with Crippen molar-refractivity contribution in [1.82, 2.24) is 5.32 Å². The molecule has 0 saturated heterocycles. The maximum atomic E-state index is 12.3. The lowest BCUT2D eigenvalue weighted by atomic mass is 9.94. The van der Waals surface area contributed by atoms with E-state index in [1.54, 1.807) is 11.3 Å². The van der Waals surface area contributed by atoms with Gasteiger partial charge in [-0.25, -0.2) is 0 Å². The molecule has 20 heavy (non-hydrogen) atoms. The Balaban J connectivity index is 1.98. The molecule has 0 spiro atoms. The molecule has 0 fully saturated rings. The summed E-state index contributed by atoms with van der Waals surface area (Å²) < 4.78 is 0. The zero-order valence-corrected chi connectivity index (χ0v) is 12.6. The van der Waals surface area contributed by atoms with Crippen LogP contribution in [-0.4, -0.2) is 5.91 Å².